The van der Waals surface area contributed by atoms with E-state index in [9.17, 15) is 18.0 Å². The first kappa shape index (κ1) is 23.1. The first-order chi connectivity index (χ1) is 14.4. The molecule has 2 atom stereocenters. The van der Waals surface area contributed by atoms with Gasteiger partial charge < -0.3 is 10.6 Å². The zero-order valence-electron chi connectivity index (χ0n) is 16.1. The lowest BCUT2D eigenvalue weighted by Gasteiger charge is -2.33. The van der Waals surface area contributed by atoms with Gasteiger partial charge in [-0.3, -0.25) is 9.89 Å². The number of hydrogen-bond acceptors (Lipinski definition) is 3. The van der Waals surface area contributed by atoms with Gasteiger partial charge in [0.05, 0.1) is 16.3 Å². The maximum atomic E-state index is 14.7. The van der Waals surface area contributed by atoms with Crippen molar-refractivity contribution in [2.75, 3.05) is 13.1 Å². The molecule has 0 radical (unpaired) electrons. The van der Waals surface area contributed by atoms with Gasteiger partial charge in [0, 0.05) is 30.3 Å². The molecule has 1 aromatic heterocycles. The van der Waals surface area contributed by atoms with Crippen LogP contribution in [0.25, 0.3) is 11.3 Å². The van der Waals surface area contributed by atoms with E-state index in [-0.39, 0.29) is 28.9 Å². The van der Waals surface area contributed by atoms with Crippen molar-refractivity contribution in [3.8, 4) is 11.3 Å². The van der Waals surface area contributed by atoms with E-state index in [2.05, 4.69) is 20.8 Å². The van der Waals surface area contributed by atoms with E-state index >= 15 is 0 Å². The maximum absolute atomic E-state index is 14.7. The first-order valence-corrected chi connectivity index (χ1v) is 9.77. The highest BCUT2D eigenvalue weighted by molar-refractivity contribution is 6.34. The van der Waals surface area contributed by atoms with Gasteiger partial charge in [-0.1, -0.05) is 17.7 Å². The summed E-state index contributed by atoms with van der Waals surface area (Å²) in [6.07, 6.45) is 2.13. The summed E-state index contributed by atoms with van der Waals surface area (Å²) in [4.78, 5) is 12.8. The van der Waals surface area contributed by atoms with Crippen LogP contribution in [0.4, 0.5) is 13.2 Å². The summed E-state index contributed by atoms with van der Waals surface area (Å²) < 4.78 is 41.7. The van der Waals surface area contributed by atoms with Gasteiger partial charge in [0.25, 0.3) is 5.91 Å². The van der Waals surface area contributed by atoms with Gasteiger partial charge in [-0.2, -0.15) is 5.10 Å². The third-order valence-electron chi connectivity index (χ3n) is 5.25. The molecule has 5 nitrogen and oxygen atoms in total. The van der Waals surface area contributed by atoms with Crippen LogP contribution in [0.3, 0.4) is 0 Å². The van der Waals surface area contributed by atoms with Crippen LogP contribution in [0.5, 0.6) is 0 Å². The minimum absolute atomic E-state index is 0. The average Bonchev–Trinajstić information content (AvgIpc) is 3.25. The molecule has 4 rings (SSSR count). The number of nitrogens with zero attached hydrogens (tertiary/aromatic N) is 1. The molecule has 0 aliphatic carbocycles. The number of benzene rings is 2. The Hall–Kier alpha value is -2.55. The fraction of sp³-hybridized carbons (Fsp3) is 0.238. The Labute approximate surface area is 187 Å². The number of piperidine rings is 1. The van der Waals surface area contributed by atoms with Crippen LogP contribution in [-0.2, 0) is 0 Å². The largest absolute Gasteiger partial charge is 0.347 e. The van der Waals surface area contributed by atoms with Gasteiger partial charge in [0.2, 0.25) is 0 Å². The van der Waals surface area contributed by atoms with E-state index < -0.39 is 29.4 Å². The third kappa shape index (κ3) is 4.87. The predicted molar refractivity (Wildman–Crippen MR) is 114 cm³/mol. The maximum Gasteiger partial charge on any atom is 0.256 e. The monoisotopic (exact) mass is 470 g/mol. The Balaban J connectivity index is 0.00000272. The van der Waals surface area contributed by atoms with Crippen molar-refractivity contribution >= 4 is 29.9 Å². The lowest BCUT2D eigenvalue weighted by Crippen LogP contribution is -2.50. The molecule has 3 N–H and O–H groups in total. The molecule has 0 spiro atoms. The second-order valence-electron chi connectivity index (χ2n) is 7.14. The second kappa shape index (κ2) is 9.72. The van der Waals surface area contributed by atoms with Crippen LogP contribution < -0.4 is 10.6 Å². The van der Waals surface area contributed by atoms with Gasteiger partial charge in [0.1, 0.15) is 5.82 Å². The molecule has 0 bridgehead atoms. The van der Waals surface area contributed by atoms with Gasteiger partial charge >= 0.3 is 0 Å². The molecule has 1 saturated heterocycles. The number of carbonyl (C=O) groups is 1. The van der Waals surface area contributed by atoms with Crippen molar-refractivity contribution in [2.45, 2.75) is 18.4 Å². The van der Waals surface area contributed by atoms with Crippen LogP contribution in [0, 0.1) is 17.5 Å². The number of aromatic amines is 1. The summed E-state index contributed by atoms with van der Waals surface area (Å²) in [5.41, 5.74) is 1.33. The number of halogens is 5. The SMILES string of the molecule is Cl.O=C(N[C@@H]1CNCC[C@H]1c1ccc(F)c(F)c1)c1c(F)cc(-c2ccn[nH]2)cc1Cl. The molecular weight excluding hydrogens is 452 g/mol. The van der Waals surface area contributed by atoms with Gasteiger partial charge in [0.15, 0.2) is 11.6 Å². The highest BCUT2D eigenvalue weighted by Gasteiger charge is 2.30. The molecule has 1 fully saturated rings. The summed E-state index contributed by atoms with van der Waals surface area (Å²) in [5.74, 6) is -3.57. The molecule has 2 heterocycles. The first-order valence-electron chi connectivity index (χ1n) is 9.39. The Bertz CT molecular complexity index is 1060. The molecule has 164 valence electrons. The van der Waals surface area contributed by atoms with E-state index in [0.29, 0.717) is 36.3 Å². The van der Waals surface area contributed by atoms with Crippen LogP contribution in [0.2, 0.25) is 5.02 Å². The molecule has 0 unspecified atom stereocenters. The fourth-order valence-electron chi connectivity index (χ4n) is 3.75. The van der Waals surface area contributed by atoms with E-state index in [0.717, 1.165) is 12.1 Å². The van der Waals surface area contributed by atoms with Crippen molar-refractivity contribution in [2.24, 2.45) is 0 Å². The van der Waals surface area contributed by atoms with Gasteiger partial charge in [-0.15, -0.1) is 12.4 Å². The summed E-state index contributed by atoms with van der Waals surface area (Å²) in [6, 6.07) is 7.61. The second-order valence-corrected chi connectivity index (χ2v) is 7.55. The topological polar surface area (TPSA) is 69.8 Å². The van der Waals surface area contributed by atoms with Gasteiger partial charge in [-0.05, 0) is 48.9 Å². The average molecular weight is 471 g/mol. The van der Waals surface area contributed by atoms with Gasteiger partial charge in [-0.25, -0.2) is 13.2 Å². The summed E-state index contributed by atoms with van der Waals surface area (Å²) in [5, 5.41) is 12.4. The molecule has 1 amide bonds. The Morgan fingerprint density at radius 3 is 2.58 bits per heavy atom. The molecule has 0 saturated carbocycles. The highest BCUT2D eigenvalue weighted by atomic mass is 35.5. The lowest BCUT2D eigenvalue weighted by molar-refractivity contribution is 0.0920. The van der Waals surface area contributed by atoms with Crippen molar-refractivity contribution < 1.29 is 18.0 Å². The quantitative estimate of drug-likeness (QED) is 0.527. The molecule has 2 aromatic carbocycles. The summed E-state index contributed by atoms with van der Waals surface area (Å²) in [6.45, 7) is 1.06. The predicted octanol–water partition coefficient (Wildman–Crippen LogP) is 4.44. The molecule has 1 aliphatic heterocycles. The number of hydrogen-bond donors (Lipinski definition) is 3. The van der Waals surface area contributed by atoms with E-state index in [4.69, 9.17) is 11.6 Å². The Morgan fingerprint density at radius 2 is 1.90 bits per heavy atom. The molecule has 1 aliphatic rings. The standard InChI is InChI=1S/C21H18ClF3N4O.ClH/c22-14-7-12(18-4-6-27-29-18)9-17(25)20(14)21(30)28-19-10-26-5-3-13(19)11-1-2-15(23)16(24)8-11;/h1-2,4,6-9,13,19,26H,3,5,10H2,(H,27,29)(H,28,30);1H/t13-,19+;/m0./s1. The van der Waals surface area contributed by atoms with Crippen LogP contribution in [0.15, 0.2) is 42.6 Å². The summed E-state index contributed by atoms with van der Waals surface area (Å²) in [7, 11) is 0. The smallest absolute Gasteiger partial charge is 0.256 e. The van der Waals surface area contributed by atoms with Crippen molar-refractivity contribution in [1.29, 1.82) is 0 Å². The highest BCUT2D eigenvalue weighted by Crippen LogP contribution is 2.30. The van der Waals surface area contributed by atoms with Crippen molar-refractivity contribution in [1.82, 2.24) is 20.8 Å². The zero-order valence-corrected chi connectivity index (χ0v) is 17.7. The van der Waals surface area contributed by atoms with E-state index in [1.807, 2.05) is 0 Å². The Kier molecular flexibility index (Phi) is 7.25. The molecule has 10 heteroatoms. The van der Waals surface area contributed by atoms with E-state index in [1.54, 1.807) is 6.07 Å². The number of rotatable bonds is 4. The zero-order chi connectivity index (χ0) is 21.3. The minimum Gasteiger partial charge on any atom is -0.347 e. The molecule has 3 aromatic rings. The normalized spacial score (nSPS) is 18.3. The van der Waals surface area contributed by atoms with Crippen molar-refractivity contribution in [3.63, 3.8) is 0 Å². The van der Waals surface area contributed by atoms with Crippen LogP contribution in [0.1, 0.15) is 28.3 Å². The fourth-order valence-corrected chi connectivity index (χ4v) is 4.05. The molecule has 31 heavy (non-hydrogen) atoms. The molecular formula is C21H19Cl2F3N4O. The number of nitrogens with one attached hydrogen (secondary N) is 3. The minimum atomic E-state index is -0.945. The van der Waals surface area contributed by atoms with E-state index in [1.165, 1.54) is 24.4 Å². The summed E-state index contributed by atoms with van der Waals surface area (Å²) >= 11 is 6.21. The number of amides is 1. The van der Waals surface area contributed by atoms with Crippen LogP contribution in [-0.4, -0.2) is 35.2 Å². The van der Waals surface area contributed by atoms with Crippen LogP contribution >= 0.6 is 24.0 Å². The number of carbonyl (C=O) groups excluding carboxylic acids is 1. The number of aromatic nitrogens is 2. The lowest BCUT2D eigenvalue weighted by atomic mass is 9.85. The number of H-pyrrole nitrogens is 1. The third-order valence-corrected chi connectivity index (χ3v) is 5.55. The Morgan fingerprint density at radius 1 is 1.10 bits per heavy atom. The van der Waals surface area contributed by atoms with Crippen molar-refractivity contribution in [3.05, 3.63) is 76.2 Å².